The zero-order valence-electron chi connectivity index (χ0n) is 27.7. The SMILES string of the molecule is Br.CCOc1cc2c(cc1C(=O)NC)C(=N)N(CC(=O)c1cc(N3CCC(OC)C3)c(OCCCCC(=O)O)c(C(C)(C)C)c1)C2. The number of hydrogen-bond donors (Lipinski definition) is 3. The average Bonchev–Trinajstić information content (AvgIpc) is 3.59. The molecular weight excluding hydrogens is 656 g/mol. The summed E-state index contributed by atoms with van der Waals surface area (Å²) in [5.74, 6) is 0.0882. The van der Waals surface area contributed by atoms with E-state index in [1.807, 2.05) is 19.1 Å². The predicted molar refractivity (Wildman–Crippen MR) is 183 cm³/mol. The highest BCUT2D eigenvalue weighted by molar-refractivity contribution is 8.93. The summed E-state index contributed by atoms with van der Waals surface area (Å²) in [4.78, 5) is 41.4. The summed E-state index contributed by atoms with van der Waals surface area (Å²) in [5.41, 5.74) is 3.67. The number of carboxylic acids is 1. The number of unbranched alkanes of at least 4 members (excludes halogenated alkanes) is 1. The third kappa shape index (κ3) is 8.38. The van der Waals surface area contributed by atoms with Crippen molar-refractivity contribution in [3.8, 4) is 11.5 Å². The van der Waals surface area contributed by atoms with Gasteiger partial charge in [-0.1, -0.05) is 20.8 Å². The van der Waals surface area contributed by atoms with E-state index in [1.165, 1.54) is 0 Å². The normalized spacial score (nSPS) is 15.8. The number of halogens is 1. The molecule has 1 amide bonds. The quantitative estimate of drug-likeness (QED) is 0.179. The molecule has 1 saturated heterocycles. The largest absolute Gasteiger partial charge is 0.493 e. The van der Waals surface area contributed by atoms with E-state index in [4.69, 9.17) is 24.7 Å². The van der Waals surface area contributed by atoms with Gasteiger partial charge in [0.1, 0.15) is 17.3 Å². The van der Waals surface area contributed by atoms with Crippen LogP contribution >= 0.6 is 17.0 Å². The van der Waals surface area contributed by atoms with Gasteiger partial charge in [0, 0.05) is 56.9 Å². The molecule has 2 aromatic rings. The molecule has 0 aromatic heterocycles. The number of nitrogens with zero attached hydrogens (tertiary/aromatic N) is 2. The Labute approximate surface area is 281 Å². The maximum Gasteiger partial charge on any atom is 0.303 e. The number of methoxy groups -OCH3 is 1. The van der Waals surface area contributed by atoms with E-state index in [1.54, 1.807) is 31.2 Å². The summed E-state index contributed by atoms with van der Waals surface area (Å²) in [7, 11) is 3.25. The minimum atomic E-state index is -0.826. The summed E-state index contributed by atoms with van der Waals surface area (Å²) in [6.45, 7) is 10.6. The van der Waals surface area contributed by atoms with Crippen molar-refractivity contribution in [3.05, 3.63) is 52.1 Å². The minimum Gasteiger partial charge on any atom is -0.493 e. The van der Waals surface area contributed by atoms with Crippen LogP contribution in [-0.2, 0) is 21.5 Å². The molecule has 1 unspecified atom stereocenters. The number of amidine groups is 1. The van der Waals surface area contributed by atoms with Crippen LogP contribution in [0.3, 0.4) is 0 Å². The van der Waals surface area contributed by atoms with Crippen LogP contribution < -0.4 is 19.7 Å². The van der Waals surface area contributed by atoms with E-state index in [0.717, 1.165) is 29.8 Å². The maximum atomic E-state index is 14.0. The molecule has 0 aliphatic carbocycles. The van der Waals surface area contributed by atoms with Gasteiger partial charge in [-0.15, -0.1) is 17.0 Å². The van der Waals surface area contributed by atoms with Crippen molar-refractivity contribution in [2.24, 2.45) is 0 Å². The van der Waals surface area contributed by atoms with Crippen LogP contribution in [0.25, 0.3) is 0 Å². The van der Waals surface area contributed by atoms with E-state index in [9.17, 15) is 14.4 Å². The smallest absolute Gasteiger partial charge is 0.303 e. The number of benzene rings is 2. The van der Waals surface area contributed by atoms with Crippen molar-refractivity contribution in [1.29, 1.82) is 5.41 Å². The summed E-state index contributed by atoms with van der Waals surface area (Å²) in [5, 5.41) is 20.5. The minimum absolute atomic E-state index is 0. The summed E-state index contributed by atoms with van der Waals surface area (Å²) in [6.07, 6.45) is 2.12. The fraction of sp³-hybridized carbons (Fsp3) is 0.529. The highest BCUT2D eigenvalue weighted by Crippen LogP contribution is 2.42. The van der Waals surface area contributed by atoms with Gasteiger partial charge in [0.05, 0.1) is 37.1 Å². The fourth-order valence-electron chi connectivity index (χ4n) is 5.82. The highest BCUT2D eigenvalue weighted by atomic mass is 79.9. The Morgan fingerprint density at radius 1 is 1.11 bits per heavy atom. The van der Waals surface area contributed by atoms with Crippen molar-refractivity contribution < 1.29 is 33.7 Å². The van der Waals surface area contributed by atoms with Crippen LogP contribution in [0.4, 0.5) is 5.69 Å². The Kier molecular flexibility index (Phi) is 12.6. The number of carbonyl (C=O) groups is 3. The molecule has 252 valence electrons. The molecular formula is C34H47BrN4O7. The van der Waals surface area contributed by atoms with Gasteiger partial charge in [-0.25, -0.2) is 0 Å². The average molecular weight is 704 g/mol. The zero-order chi connectivity index (χ0) is 32.9. The molecule has 1 atom stereocenters. The number of fused-ring (bicyclic) bond motifs is 1. The van der Waals surface area contributed by atoms with Gasteiger partial charge in [0.15, 0.2) is 5.78 Å². The molecule has 12 heteroatoms. The standard InChI is InChI=1S/C34H46N4O7.BrH/c1-7-44-29-16-22-18-38(32(35)24(22)17-25(29)33(42)36-5)20-28(39)21-14-26(34(2,3)4)31(45-13-9-8-10-30(40)41)27(15-21)37-12-11-23(19-37)43-6;/h14-17,23,35H,7-13,18-20H2,1-6H3,(H,36,42)(H,40,41);1H. The molecule has 3 N–H and O–H groups in total. The second-order valence-electron chi connectivity index (χ2n) is 12.6. The highest BCUT2D eigenvalue weighted by Gasteiger charge is 2.33. The van der Waals surface area contributed by atoms with Crippen LogP contribution in [-0.4, -0.2) is 86.6 Å². The van der Waals surface area contributed by atoms with Gasteiger partial charge in [-0.05, 0) is 61.4 Å². The second kappa shape index (κ2) is 15.8. The fourth-order valence-corrected chi connectivity index (χ4v) is 5.82. The number of carboxylic acid groups (broad SMARTS) is 1. The molecule has 0 radical (unpaired) electrons. The Hall–Kier alpha value is -3.64. The molecule has 2 aromatic carbocycles. The summed E-state index contributed by atoms with van der Waals surface area (Å²) >= 11 is 0. The number of carbonyl (C=O) groups excluding carboxylic acids is 2. The first-order chi connectivity index (χ1) is 21.4. The lowest BCUT2D eigenvalue weighted by Gasteiger charge is -2.30. The second-order valence-corrected chi connectivity index (χ2v) is 12.6. The van der Waals surface area contributed by atoms with Gasteiger partial charge in [0.25, 0.3) is 5.91 Å². The third-order valence-corrected chi connectivity index (χ3v) is 8.29. The molecule has 1 fully saturated rings. The number of ketones is 1. The van der Waals surface area contributed by atoms with Crippen LogP contribution in [0.15, 0.2) is 24.3 Å². The first-order valence-electron chi connectivity index (χ1n) is 15.6. The van der Waals surface area contributed by atoms with E-state index in [2.05, 4.69) is 31.0 Å². The first kappa shape index (κ1) is 36.8. The molecule has 11 nitrogen and oxygen atoms in total. The van der Waals surface area contributed by atoms with Crippen LogP contribution in [0.5, 0.6) is 11.5 Å². The number of aliphatic carboxylic acids is 1. The van der Waals surface area contributed by atoms with Crippen molar-refractivity contribution in [3.63, 3.8) is 0 Å². The van der Waals surface area contributed by atoms with Gasteiger partial charge < -0.3 is 34.4 Å². The molecule has 2 aliphatic rings. The van der Waals surface area contributed by atoms with Crippen molar-refractivity contribution >= 4 is 46.2 Å². The summed E-state index contributed by atoms with van der Waals surface area (Å²) < 4.78 is 17.7. The van der Waals surface area contributed by atoms with Crippen LogP contribution in [0, 0.1) is 5.41 Å². The van der Waals surface area contributed by atoms with E-state index in [-0.39, 0.29) is 59.0 Å². The Balaban J connectivity index is 0.00000576. The monoisotopic (exact) mass is 702 g/mol. The Bertz CT molecular complexity index is 1460. The first-order valence-corrected chi connectivity index (χ1v) is 15.6. The van der Waals surface area contributed by atoms with E-state index >= 15 is 0 Å². The summed E-state index contributed by atoms with van der Waals surface area (Å²) in [6, 6.07) is 7.24. The zero-order valence-corrected chi connectivity index (χ0v) is 29.4. The number of hydrogen-bond acceptors (Lipinski definition) is 8. The van der Waals surface area contributed by atoms with Crippen molar-refractivity contribution in [1.82, 2.24) is 10.2 Å². The predicted octanol–water partition coefficient (Wildman–Crippen LogP) is 5.20. The van der Waals surface area contributed by atoms with E-state index < -0.39 is 5.97 Å². The number of amides is 1. The van der Waals surface area contributed by atoms with Gasteiger partial charge >= 0.3 is 5.97 Å². The topological polar surface area (TPSA) is 141 Å². The van der Waals surface area contributed by atoms with Gasteiger partial charge in [0.2, 0.25) is 0 Å². The molecule has 0 saturated carbocycles. The lowest BCUT2D eigenvalue weighted by atomic mass is 9.84. The van der Waals surface area contributed by atoms with Gasteiger partial charge in [-0.3, -0.25) is 19.8 Å². The molecule has 46 heavy (non-hydrogen) atoms. The lowest BCUT2D eigenvalue weighted by molar-refractivity contribution is -0.137. The molecule has 4 rings (SSSR count). The Morgan fingerprint density at radius 3 is 2.46 bits per heavy atom. The van der Waals surface area contributed by atoms with E-state index in [0.29, 0.717) is 67.3 Å². The third-order valence-electron chi connectivity index (χ3n) is 8.29. The number of ether oxygens (including phenoxy) is 3. The van der Waals surface area contributed by atoms with Gasteiger partial charge in [-0.2, -0.15) is 0 Å². The number of nitrogens with one attached hydrogen (secondary N) is 2. The number of Topliss-reactive ketones (excluding diaryl/α,β-unsaturated/α-hetero) is 1. The Morgan fingerprint density at radius 2 is 1.85 bits per heavy atom. The molecule has 0 bridgehead atoms. The maximum absolute atomic E-state index is 14.0. The molecule has 2 heterocycles. The molecule has 2 aliphatic heterocycles. The number of rotatable bonds is 14. The van der Waals surface area contributed by atoms with Crippen molar-refractivity contribution in [2.45, 2.75) is 71.4 Å². The number of anilines is 1. The van der Waals surface area contributed by atoms with Crippen LogP contribution in [0.1, 0.15) is 90.8 Å². The molecule has 0 spiro atoms. The van der Waals surface area contributed by atoms with Crippen LogP contribution in [0.2, 0.25) is 0 Å². The van der Waals surface area contributed by atoms with Crippen molar-refractivity contribution in [2.75, 3.05) is 51.9 Å². The lowest BCUT2D eigenvalue weighted by Crippen LogP contribution is -2.31.